The van der Waals surface area contributed by atoms with Crippen LogP contribution in [0.5, 0.6) is 11.6 Å². The second-order valence-corrected chi connectivity index (χ2v) is 7.75. The van der Waals surface area contributed by atoms with Crippen LogP contribution in [0.25, 0.3) is 22.2 Å². The Kier molecular flexibility index (Phi) is 6.35. The second-order valence-electron chi connectivity index (χ2n) is 7.00. The molecular weight excluding hydrogens is 481 g/mol. The van der Waals surface area contributed by atoms with Crippen molar-refractivity contribution in [2.75, 3.05) is 20.0 Å². The zero-order chi connectivity index (χ0) is 22.8. The molecule has 0 fully saturated rings. The fraction of sp³-hybridized carbons (Fsp3) is 0.227. The molecule has 3 heterocycles. The van der Waals surface area contributed by atoms with Gasteiger partial charge in [-0.15, -0.1) is 0 Å². The van der Waals surface area contributed by atoms with E-state index in [0.29, 0.717) is 39.2 Å². The predicted molar refractivity (Wildman–Crippen MR) is 122 cm³/mol. The van der Waals surface area contributed by atoms with Crippen LogP contribution in [0.1, 0.15) is 5.69 Å². The first-order valence-corrected chi connectivity index (χ1v) is 10.5. The number of nitrogen functional groups attached to an aromatic ring is 1. The summed E-state index contributed by atoms with van der Waals surface area (Å²) in [4.78, 5) is 12.7. The maximum Gasteiger partial charge on any atom is 0.219 e. The molecule has 0 amide bonds. The topological polar surface area (TPSA) is 97.3 Å². The maximum atomic E-state index is 15.0. The van der Waals surface area contributed by atoms with Crippen LogP contribution >= 0.6 is 15.9 Å². The molecule has 0 saturated heterocycles. The van der Waals surface area contributed by atoms with E-state index in [0.717, 1.165) is 5.69 Å². The van der Waals surface area contributed by atoms with Crippen LogP contribution in [0.4, 0.5) is 10.2 Å². The standard InChI is InChI=1S/C22H21BrFN5O3/c1-12-5-4-6-16(28-12)32-15-8-7-13(9-14(15)24)18-19-21(25)26-11-27-22(19)29(20(18)23)10-17(30-2)31-3/h4-9,11,17H,10H2,1-3H3,(H2,25,26,27). The number of hydrogen-bond acceptors (Lipinski definition) is 7. The van der Waals surface area contributed by atoms with Gasteiger partial charge >= 0.3 is 0 Å². The third kappa shape index (κ3) is 4.16. The minimum absolute atomic E-state index is 0.0646. The highest BCUT2D eigenvalue weighted by Crippen LogP contribution is 2.41. The summed E-state index contributed by atoms with van der Waals surface area (Å²) in [6.07, 6.45) is 0.867. The maximum absolute atomic E-state index is 15.0. The Morgan fingerprint density at radius 3 is 2.62 bits per heavy atom. The third-order valence-electron chi connectivity index (χ3n) is 4.96. The zero-order valence-electron chi connectivity index (χ0n) is 17.7. The summed E-state index contributed by atoms with van der Waals surface area (Å²) < 4.78 is 33.8. The number of halogens is 2. The zero-order valence-corrected chi connectivity index (χ0v) is 19.3. The number of ether oxygens (including phenoxy) is 3. The van der Waals surface area contributed by atoms with Crippen LogP contribution in [0, 0.1) is 12.7 Å². The van der Waals surface area contributed by atoms with Crippen molar-refractivity contribution in [3.05, 3.63) is 58.8 Å². The van der Waals surface area contributed by atoms with Crippen molar-refractivity contribution in [2.45, 2.75) is 19.8 Å². The highest BCUT2D eigenvalue weighted by molar-refractivity contribution is 9.10. The molecule has 10 heteroatoms. The lowest BCUT2D eigenvalue weighted by atomic mass is 10.1. The quantitative estimate of drug-likeness (QED) is 0.366. The number of nitrogens with two attached hydrogens (primary N) is 1. The van der Waals surface area contributed by atoms with E-state index in [1.807, 2.05) is 17.6 Å². The van der Waals surface area contributed by atoms with Crippen LogP contribution in [0.3, 0.4) is 0 Å². The summed E-state index contributed by atoms with van der Waals surface area (Å²) in [5, 5.41) is 0.596. The number of nitrogens with zero attached hydrogens (tertiary/aromatic N) is 4. The monoisotopic (exact) mass is 501 g/mol. The molecule has 0 aliphatic rings. The molecule has 2 N–H and O–H groups in total. The summed E-state index contributed by atoms with van der Waals surface area (Å²) in [5.41, 5.74) is 8.76. The molecule has 166 valence electrons. The van der Waals surface area contributed by atoms with Crippen molar-refractivity contribution in [3.63, 3.8) is 0 Å². The van der Waals surface area contributed by atoms with Gasteiger partial charge in [-0.1, -0.05) is 12.1 Å². The highest BCUT2D eigenvalue weighted by Gasteiger charge is 2.23. The van der Waals surface area contributed by atoms with Gasteiger partial charge in [0.05, 0.1) is 16.5 Å². The van der Waals surface area contributed by atoms with Crippen molar-refractivity contribution < 1.29 is 18.6 Å². The molecule has 1 aromatic carbocycles. The largest absolute Gasteiger partial charge is 0.436 e. The number of anilines is 1. The van der Waals surface area contributed by atoms with Gasteiger partial charge in [0.1, 0.15) is 17.8 Å². The molecule has 0 spiro atoms. The minimum Gasteiger partial charge on any atom is -0.436 e. The molecule has 4 aromatic rings. The smallest absolute Gasteiger partial charge is 0.219 e. The van der Waals surface area contributed by atoms with E-state index >= 15 is 4.39 Å². The number of pyridine rings is 1. The molecule has 0 radical (unpaired) electrons. The number of aromatic nitrogens is 4. The molecule has 8 nitrogen and oxygen atoms in total. The number of methoxy groups -OCH3 is 2. The lowest BCUT2D eigenvalue weighted by Gasteiger charge is -2.15. The summed E-state index contributed by atoms with van der Waals surface area (Å²) >= 11 is 3.62. The summed E-state index contributed by atoms with van der Waals surface area (Å²) in [6.45, 7) is 2.17. The van der Waals surface area contributed by atoms with Gasteiger partial charge in [0, 0.05) is 31.5 Å². The van der Waals surface area contributed by atoms with Gasteiger partial charge in [-0.25, -0.2) is 19.3 Å². The average Bonchev–Trinajstić information content (AvgIpc) is 3.06. The van der Waals surface area contributed by atoms with Crippen molar-refractivity contribution >= 4 is 32.8 Å². The molecule has 0 atom stereocenters. The van der Waals surface area contributed by atoms with Gasteiger partial charge in [0.25, 0.3) is 0 Å². The van der Waals surface area contributed by atoms with Crippen LogP contribution < -0.4 is 10.5 Å². The Morgan fingerprint density at radius 2 is 1.94 bits per heavy atom. The second kappa shape index (κ2) is 9.19. The number of hydrogen-bond donors (Lipinski definition) is 1. The molecule has 0 saturated carbocycles. The summed E-state index contributed by atoms with van der Waals surface area (Å²) in [5.74, 6) is 0.119. The first-order chi connectivity index (χ1) is 15.4. The molecule has 0 bridgehead atoms. The van der Waals surface area contributed by atoms with Gasteiger partial charge in [-0.2, -0.15) is 0 Å². The summed E-state index contributed by atoms with van der Waals surface area (Å²) in [6, 6.07) is 9.98. The van der Waals surface area contributed by atoms with Crippen LogP contribution in [0.2, 0.25) is 0 Å². The van der Waals surface area contributed by atoms with Crippen molar-refractivity contribution in [1.82, 2.24) is 19.5 Å². The Hall–Kier alpha value is -3.08. The first kappa shape index (κ1) is 22.1. The fourth-order valence-electron chi connectivity index (χ4n) is 3.42. The predicted octanol–water partition coefficient (Wildman–Crippen LogP) is 4.70. The Labute approximate surface area is 192 Å². The first-order valence-electron chi connectivity index (χ1n) is 9.68. The lowest BCUT2D eigenvalue weighted by molar-refractivity contribution is -0.110. The van der Waals surface area contributed by atoms with Crippen LogP contribution in [-0.2, 0) is 16.0 Å². The van der Waals surface area contributed by atoms with Gasteiger partial charge in [0.2, 0.25) is 5.88 Å². The molecule has 3 aromatic heterocycles. The molecule has 0 aliphatic heterocycles. The van der Waals surface area contributed by atoms with Crippen LogP contribution in [-0.4, -0.2) is 40.0 Å². The SMILES string of the molecule is COC(Cn1c(Br)c(-c2ccc(Oc3cccc(C)n3)c(F)c2)c2c(N)ncnc21)OC. The molecule has 4 rings (SSSR count). The van der Waals surface area contributed by atoms with Crippen molar-refractivity contribution in [1.29, 1.82) is 0 Å². The fourth-order valence-corrected chi connectivity index (χ4v) is 4.16. The van der Waals surface area contributed by atoms with Crippen LogP contribution in [0.15, 0.2) is 47.3 Å². The molecular formula is C22H21BrFN5O3. The number of rotatable bonds is 7. The normalized spacial score (nSPS) is 11.4. The van der Waals surface area contributed by atoms with E-state index < -0.39 is 12.1 Å². The number of benzene rings is 1. The van der Waals surface area contributed by atoms with E-state index in [9.17, 15) is 0 Å². The third-order valence-corrected chi connectivity index (χ3v) is 5.79. The highest BCUT2D eigenvalue weighted by atomic mass is 79.9. The van der Waals surface area contributed by atoms with Crippen molar-refractivity contribution in [3.8, 4) is 22.8 Å². The van der Waals surface area contributed by atoms with E-state index in [1.165, 1.54) is 12.4 Å². The van der Waals surface area contributed by atoms with Gasteiger partial charge in [0.15, 0.2) is 17.9 Å². The summed E-state index contributed by atoms with van der Waals surface area (Å²) in [7, 11) is 3.10. The van der Waals surface area contributed by atoms with E-state index in [4.69, 9.17) is 19.9 Å². The molecule has 0 unspecified atom stereocenters. The lowest BCUT2D eigenvalue weighted by Crippen LogP contribution is -2.20. The van der Waals surface area contributed by atoms with Gasteiger partial charge in [-0.05, 0) is 46.6 Å². The number of aryl methyl sites for hydroxylation is 1. The molecule has 32 heavy (non-hydrogen) atoms. The Morgan fingerprint density at radius 1 is 1.16 bits per heavy atom. The Bertz CT molecular complexity index is 1280. The van der Waals surface area contributed by atoms with E-state index in [1.54, 1.807) is 38.5 Å². The van der Waals surface area contributed by atoms with E-state index in [2.05, 4.69) is 30.9 Å². The van der Waals surface area contributed by atoms with Crippen molar-refractivity contribution in [2.24, 2.45) is 0 Å². The average molecular weight is 502 g/mol. The van der Waals surface area contributed by atoms with E-state index in [-0.39, 0.29) is 11.6 Å². The minimum atomic E-state index is -0.541. The number of fused-ring (bicyclic) bond motifs is 1. The van der Waals surface area contributed by atoms with Gasteiger partial charge in [-0.3, -0.25) is 0 Å². The Balaban J connectivity index is 1.79. The molecule has 0 aliphatic carbocycles. The van der Waals surface area contributed by atoms with Gasteiger partial charge < -0.3 is 24.5 Å².